The average Bonchev–Trinajstić information content (AvgIpc) is 3.46. The molecule has 10 N–H and O–H groups in total. The first-order valence-electron chi connectivity index (χ1n) is 14.3. The van der Waals surface area contributed by atoms with Gasteiger partial charge in [0.2, 0.25) is 5.91 Å². The van der Waals surface area contributed by atoms with Crippen LogP contribution in [0, 0.1) is 0 Å². The van der Waals surface area contributed by atoms with Gasteiger partial charge in [0.1, 0.15) is 54.8 Å². The number of hydrogen-bond acceptors (Lipinski definition) is 15. The van der Waals surface area contributed by atoms with Gasteiger partial charge in [-0.15, -0.1) is 0 Å². The van der Waals surface area contributed by atoms with Gasteiger partial charge < -0.3 is 66.1 Å². The summed E-state index contributed by atoms with van der Waals surface area (Å²) in [5, 5.41) is 74.2. The molecule has 250 valence electrons. The lowest BCUT2D eigenvalue weighted by molar-refractivity contribution is -0.335. The van der Waals surface area contributed by atoms with E-state index in [0.29, 0.717) is 36.0 Å². The normalized spacial score (nSPS) is 31.7. The molecule has 0 aromatic carbocycles. The number of ether oxygens (including phenoxy) is 3. The van der Waals surface area contributed by atoms with Crippen LogP contribution in [-0.4, -0.2) is 150 Å². The molecule has 19 heteroatoms. The fourth-order valence-electron chi connectivity index (χ4n) is 5.12. The fourth-order valence-corrected chi connectivity index (χ4v) is 5.37. The van der Waals surface area contributed by atoms with Gasteiger partial charge in [0.15, 0.2) is 29.4 Å². The van der Waals surface area contributed by atoms with E-state index in [1.165, 1.54) is 6.33 Å². The van der Waals surface area contributed by atoms with Crippen LogP contribution < -0.4 is 21.3 Å². The zero-order valence-electron chi connectivity index (χ0n) is 24.5. The summed E-state index contributed by atoms with van der Waals surface area (Å²) in [6.45, 7) is 1.07. The number of rotatable bonds is 11. The van der Waals surface area contributed by atoms with Crippen molar-refractivity contribution in [1.82, 2.24) is 30.5 Å². The molecule has 0 radical (unpaired) electrons. The second-order valence-corrected chi connectivity index (χ2v) is 11.0. The Hall–Kier alpha value is -3.11. The third kappa shape index (κ3) is 7.83. The minimum atomic E-state index is -1.89. The van der Waals surface area contributed by atoms with Crippen molar-refractivity contribution in [3.05, 3.63) is 18.6 Å². The first-order chi connectivity index (χ1) is 21.5. The molecule has 2 aromatic rings. The molecule has 45 heavy (non-hydrogen) atoms. The zero-order valence-corrected chi connectivity index (χ0v) is 25.3. The van der Waals surface area contributed by atoms with E-state index < -0.39 is 79.8 Å². The lowest BCUT2D eigenvalue weighted by Gasteiger charge is -2.46. The number of unbranched alkanes of at least 4 members (excludes halogenated alkanes) is 1. The maximum absolute atomic E-state index is 12.9. The molecule has 4 rings (SSSR count). The molecule has 4 heterocycles. The van der Waals surface area contributed by atoms with Crippen molar-refractivity contribution >= 4 is 46.0 Å². The van der Waals surface area contributed by atoms with E-state index in [1.807, 2.05) is 6.07 Å². The van der Waals surface area contributed by atoms with Gasteiger partial charge in [0, 0.05) is 33.3 Å². The third-order valence-electron chi connectivity index (χ3n) is 7.48. The number of nitrogens with zero attached hydrogens (tertiary/aromatic N) is 3. The summed E-state index contributed by atoms with van der Waals surface area (Å²) < 4.78 is 18.0. The molecule has 2 saturated heterocycles. The van der Waals surface area contributed by atoms with Crippen molar-refractivity contribution in [2.45, 2.75) is 81.1 Å². The molecule has 0 saturated carbocycles. The maximum Gasteiger partial charge on any atom is 0.252 e. The molecule has 10 atom stereocenters. The van der Waals surface area contributed by atoms with E-state index in [2.05, 4.69) is 31.2 Å². The molecule has 18 nitrogen and oxygen atoms in total. The molecule has 0 aliphatic carbocycles. The van der Waals surface area contributed by atoms with Crippen molar-refractivity contribution < 1.29 is 54.4 Å². The number of aliphatic hydroxyl groups is 6. The Morgan fingerprint density at radius 3 is 2.40 bits per heavy atom. The minimum Gasteiger partial charge on any atom is -0.394 e. The summed E-state index contributed by atoms with van der Waals surface area (Å²) in [6.07, 6.45) is -10.9. The Labute approximate surface area is 262 Å². The second kappa shape index (κ2) is 15.5. The van der Waals surface area contributed by atoms with E-state index in [1.54, 1.807) is 17.8 Å². The fraction of sp³-hybridized carbons (Fsp3) is 0.654. The van der Waals surface area contributed by atoms with Gasteiger partial charge >= 0.3 is 0 Å². The van der Waals surface area contributed by atoms with Gasteiger partial charge in [0.05, 0.1) is 12.0 Å². The Bertz CT molecular complexity index is 1340. The molecule has 2 fully saturated rings. The molecule has 2 amide bonds. The lowest BCUT2D eigenvalue weighted by Crippen LogP contribution is -2.68. The van der Waals surface area contributed by atoms with Gasteiger partial charge in [-0.05, 0) is 31.1 Å². The third-order valence-corrected chi connectivity index (χ3v) is 7.82. The Morgan fingerprint density at radius 1 is 1.02 bits per heavy atom. The minimum absolute atomic E-state index is 0.170. The summed E-state index contributed by atoms with van der Waals surface area (Å²) >= 11 is 5.48. The van der Waals surface area contributed by atoms with Gasteiger partial charge in [-0.25, -0.2) is 9.97 Å². The van der Waals surface area contributed by atoms with Crippen LogP contribution in [0.2, 0.25) is 0 Å². The van der Waals surface area contributed by atoms with Crippen LogP contribution in [0.25, 0.3) is 11.0 Å². The van der Waals surface area contributed by atoms with Crippen molar-refractivity contribution in [3.63, 3.8) is 0 Å². The van der Waals surface area contributed by atoms with E-state index in [-0.39, 0.29) is 6.54 Å². The van der Waals surface area contributed by atoms with E-state index >= 15 is 0 Å². The molecule has 2 aromatic heterocycles. The number of nitrogens with one attached hydrogen (secondary N) is 4. The summed E-state index contributed by atoms with van der Waals surface area (Å²) in [5.74, 6) is -0.742. The number of fused-ring (bicyclic) bond motifs is 1. The quantitative estimate of drug-likeness (QED) is 0.0812. The number of thiocarbonyl (C=S) groups is 1. The SMILES string of the molecule is CNc1ncnc2c1ccn2C(=S)NCCCCNC(=O)C1OC(OC2C(O)C(CO)OC(O)C2NC(C)=O)C(O)C(O)C1O. The number of aliphatic hydroxyl groups excluding tert-OH is 6. The largest absolute Gasteiger partial charge is 0.394 e. The highest BCUT2D eigenvalue weighted by Gasteiger charge is 2.52. The maximum atomic E-state index is 12.9. The smallest absolute Gasteiger partial charge is 0.252 e. The first-order valence-corrected chi connectivity index (χ1v) is 14.7. The highest BCUT2D eigenvalue weighted by molar-refractivity contribution is 7.80. The summed E-state index contributed by atoms with van der Waals surface area (Å²) in [4.78, 5) is 33.0. The lowest BCUT2D eigenvalue weighted by atomic mass is 9.95. The number of hydrogen-bond donors (Lipinski definition) is 10. The number of carbonyl (C=O) groups excluding carboxylic acids is 2. The molecule has 0 spiro atoms. The standard InChI is InChI=1S/C26H39N7O11S/c1-11(35)32-14-19(15(36)13(9-34)42-24(14)41)43-25-18(39)16(37)17(38)20(44-25)23(40)28-6-3-4-7-29-26(45)33-8-5-12-21(27-2)30-10-31-22(12)33/h5,8,10,13-20,24-25,34,36-39,41H,3-4,6-7,9H2,1-2H3,(H,28,40)(H,29,45)(H,32,35)(H,27,30,31). The van der Waals surface area contributed by atoms with Crippen LogP contribution in [0.3, 0.4) is 0 Å². The monoisotopic (exact) mass is 657 g/mol. The van der Waals surface area contributed by atoms with Crippen molar-refractivity contribution in [2.75, 3.05) is 32.1 Å². The summed E-state index contributed by atoms with van der Waals surface area (Å²) in [5.41, 5.74) is 0.640. The Balaban J connectivity index is 1.29. The number of anilines is 1. The van der Waals surface area contributed by atoms with Crippen LogP contribution in [0.4, 0.5) is 5.82 Å². The van der Waals surface area contributed by atoms with E-state index in [9.17, 15) is 40.2 Å². The predicted octanol–water partition coefficient (Wildman–Crippen LogP) is -4.14. The van der Waals surface area contributed by atoms with Crippen LogP contribution in [0.5, 0.6) is 0 Å². The Morgan fingerprint density at radius 2 is 1.73 bits per heavy atom. The summed E-state index contributed by atoms with van der Waals surface area (Å²) in [7, 11) is 1.76. The van der Waals surface area contributed by atoms with Crippen LogP contribution >= 0.6 is 12.2 Å². The molecule has 0 bridgehead atoms. The van der Waals surface area contributed by atoms with Crippen molar-refractivity contribution in [1.29, 1.82) is 0 Å². The average molecular weight is 658 g/mol. The zero-order chi connectivity index (χ0) is 32.8. The van der Waals surface area contributed by atoms with Gasteiger partial charge in [0.25, 0.3) is 5.91 Å². The van der Waals surface area contributed by atoms with Crippen LogP contribution in [0.15, 0.2) is 18.6 Å². The molecule has 10 unspecified atom stereocenters. The topological polar surface area (TPSA) is 262 Å². The van der Waals surface area contributed by atoms with E-state index in [0.717, 1.165) is 12.3 Å². The number of amides is 2. The highest BCUT2D eigenvalue weighted by atomic mass is 32.1. The van der Waals surface area contributed by atoms with Gasteiger partial charge in [-0.1, -0.05) is 0 Å². The highest BCUT2D eigenvalue weighted by Crippen LogP contribution is 2.29. The number of carbonyl (C=O) groups is 2. The molecule has 2 aliphatic rings. The summed E-state index contributed by atoms with van der Waals surface area (Å²) in [6, 6.07) is 0.476. The second-order valence-electron chi connectivity index (χ2n) is 10.6. The van der Waals surface area contributed by atoms with E-state index in [4.69, 9.17) is 26.4 Å². The van der Waals surface area contributed by atoms with Crippen molar-refractivity contribution in [2.24, 2.45) is 0 Å². The predicted molar refractivity (Wildman–Crippen MR) is 158 cm³/mol. The molecular formula is C26H39N7O11S. The van der Waals surface area contributed by atoms with Crippen molar-refractivity contribution in [3.8, 4) is 0 Å². The first kappa shape index (κ1) is 34.8. The van der Waals surface area contributed by atoms with Crippen LogP contribution in [-0.2, 0) is 23.8 Å². The Kier molecular flexibility index (Phi) is 11.9. The van der Waals surface area contributed by atoms with Gasteiger partial charge in [-0.2, -0.15) is 0 Å². The van der Waals surface area contributed by atoms with Gasteiger partial charge in [-0.3, -0.25) is 14.2 Å². The molecule has 2 aliphatic heterocycles. The molecular weight excluding hydrogens is 618 g/mol. The van der Waals surface area contributed by atoms with Crippen LogP contribution in [0.1, 0.15) is 19.8 Å². The number of aromatic nitrogens is 3.